The minimum absolute atomic E-state index is 0.530. The SMILES string of the molecule is CN(C)c1ccccc1NCCC#N. The molecule has 74 valence electrons. The highest BCUT2D eigenvalue weighted by Gasteiger charge is 2.01. The summed E-state index contributed by atoms with van der Waals surface area (Å²) in [6.45, 7) is 0.696. The molecule has 0 atom stereocenters. The molecule has 0 aliphatic carbocycles. The first kappa shape index (κ1) is 10.4. The summed E-state index contributed by atoms with van der Waals surface area (Å²) in [5, 5.41) is 11.7. The number of nitrogens with zero attached hydrogens (tertiary/aromatic N) is 2. The molecule has 0 bridgehead atoms. The van der Waals surface area contributed by atoms with Crippen LogP contribution in [0, 0.1) is 11.3 Å². The number of anilines is 2. The Hall–Kier alpha value is -1.69. The lowest BCUT2D eigenvalue weighted by Gasteiger charge is -2.17. The van der Waals surface area contributed by atoms with Crippen molar-refractivity contribution in [2.24, 2.45) is 0 Å². The van der Waals surface area contributed by atoms with Crippen molar-refractivity contribution >= 4 is 11.4 Å². The molecule has 0 heterocycles. The monoisotopic (exact) mass is 189 g/mol. The molecule has 0 unspecified atom stereocenters. The Morgan fingerprint density at radius 2 is 2.07 bits per heavy atom. The second-order valence-corrected chi connectivity index (χ2v) is 3.25. The summed E-state index contributed by atoms with van der Waals surface area (Å²) in [6.07, 6.45) is 0.530. The molecule has 0 spiro atoms. The Bertz CT molecular complexity index is 326. The van der Waals surface area contributed by atoms with E-state index >= 15 is 0 Å². The van der Waals surface area contributed by atoms with Crippen LogP contribution in [0.1, 0.15) is 6.42 Å². The van der Waals surface area contributed by atoms with Crippen molar-refractivity contribution < 1.29 is 0 Å². The molecule has 0 aromatic heterocycles. The highest BCUT2D eigenvalue weighted by molar-refractivity contribution is 5.69. The Labute approximate surface area is 85.0 Å². The summed E-state index contributed by atoms with van der Waals surface area (Å²) in [5.41, 5.74) is 2.22. The maximum Gasteiger partial charge on any atom is 0.0640 e. The van der Waals surface area contributed by atoms with Crippen LogP contribution in [0.25, 0.3) is 0 Å². The van der Waals surface area contributed by atoms with Crippen LogP contribution in [0.4, 0.5) is 11.4 Å². The van der Waals surface area contributed by atoms with Crippen LogP contribution in [0.2, 0.25) is 0 Å². The normalized spacial score (nSPS) is 9.21. The third-order valence-electron chi connectivity index (χ3n) is 1.94. The molecular formula is C11H15N3. The molecule has 0 aliphatic rings. The molecule has 1 aromatic carbocycles. The van der Waals surface area contributed by atoms with Gasteiger partial charge in [-0.1, -0.05) is 12.1 Å². The molecule has 0 fully saturated rings. The van der Waals surface area contributed by atoms with E-state index in [4.69, 9.17) is 5.26 Å². The average Bonchev–Trinajstić information content (AvgIpc) is 2.19. The topological polar surface area (TPSA) is 39.1 Å². The van der Waals surface area contributed by atoms with Gasteiger partial charge in [0.05, 0.1) is 23.9 Å². The van der Waals surface area contributed by atoms with Gasteiger partial charge in [0, 0.05) is 20.6 Å². The molecule has 0 aliphatic heterocycles. The molecule has 3 heteroatoms. The van der Waals surface area contributed by atoms with Gasteiger partial charge in [0.1, 0.15) is 0 Å². The highest BCUT2D eigenvalue weighted by atomic mass is 15.1. The predicted molar refractivity (Wildman–Crippen MR) is 59.5 cm³/mol. The number of para-hydroxylation sites is 2. The summed E-state index contributed by atoms with van der Waals surface area (Å²) >= 11 is 0. The van der Waals surface area contributed by atoms with Crippen molar-refractivity contribution in [3.63, 3.8) is 0 Å². The number of nitrogens with one attached hydrogen (secondary N) is 1. The molecule has 0 amide bonds. The van der Waals surface area contributed by atoms with Gasteiger partial charge in [-0.3, -0.25) is 0 Å². The molecule has 1 rings (SSSR count). The summed E-state index contributed by atoms with van der Waals surface area (Å²) < 4.78 is 0. The van der Waals surface area contributed by atoms with E-state index in [0.717, 1.165) is 11.4 Å². The Balaban J connectivity index is 2.70. The van der Waals surface area contributed by atoms with E-state index in [1.165, 1.54) is 0 Å². The van der Waals surface area contributed by atoms with Gasteiger partial charge in [-0.2, -0.15) is 5.26 Å². The largest absolute Gasteiger partial charge is 0.382 e. The first-order chi connectivity index (χ1) is 6.75. The van der Waals surface area contributed by atoms with Crippen molar-refractivity contribution in [2.75, 3.05) is 30.9 Å². The van der Waals surface area contributed by atoms with Crippen molar-refractivity contribution in [3.05, 3.63) is 24.3 Å². The Morgan fingerprint density at radius 1 is 1.36 bits per heavy atom. The van der Waals surface area contributed by atoms with E-state index in [2.05, 4.69) is 22.4 Å². The van der Waals surface area contributed by atoms with Crippen molar-refractivity contribution in [2.45, 2.75) is 6.42 Å². The number of rotatable bonds is 4. The van der Waals surface area contributed by atoms with Gasteiger partial charge in [-0.25, -0.2) is 0 Å². The predicted octanol–water partition coefficient (Wildman–Crippen LogP) is 2.08. The number of nitriles is 1. The van der Waals surface area contributed by atoms with Gasteiger partial charge in [-0.05, 0) is 12.1 Å². The van der Waals surface area contributed by atoms with Crippen LogP contribution in [0.3, 0.4) is 0 Å². The second-order valence-electron chi connectivity index (χ2n) is 3.25. The Morgan fingerprint density at radius 3 is 2.71 bits per heavy atom. The molecule has 0 saturated heterocycles. The summed E-state index contributed by atoms with van der Waals surface area (Å²) in [4.78, 5) is 2.05. The van der Waals surface area contributed by atoms with Gasteiger partial charge in [-0.15, -0.1) is 0 Å². The third-order valence-corrected chi connectivity index (χ3v) is 1.94. The van der Waals surface area contributed by atoms with Gasteiger partial charge < -0.3 is 10.2 Å². The minimum atomic E-state index is 0.530. The molecule has 1 aromatic rings. The van der Waals surface area contributed by atoms with E-state index < -0.39 is 0 Å². The van der Waals surface area contributed by atoms with Crippen LogP contribution in [0.15, 0.2) is 24.3 Å². The van der Waals surface area contributed by atoms with E-state index in [-0.39, 0.29) is 0 Å². The van der Waals surface area contributed by atoms with Crippen LogP contribution in [0.5, 0.6) is 0 Å². The van der Waals surface area contributed by atoms with Crippen molar-refractivity contribution in [1.82, 2.24) is 0 Å². The van der Waals surface area contributed by atoms with Crippen LogP contribution < -0.4 is 10.2 Å². The maximum absolute atomic E-state index is 8.42. The lowest BCUT2D eigenvalue weighted by Crippen LogP contribution is -2.12. The maximum atomic E-state index is 8.42. The third kappa shape index (κ3) is 2.67. The smallest absolute Gasteiger partial charge is 0.0640 e. The first-order valence-corrected chi connectivity index (χ1v) is 4.63. The van der Waals surface area contributed by atoms with Crippen LogP contribution in [-0.2, 0) is 0 Å². The Kier molecular flexibility index (Phi) is 3.81. The fourth-order valence-corrected chi connectivity index (χ4v) is 1.27. The fraction of sp³-hybridized carbons (Fsp3) is 0.364. The highest BCUT2D eigenvalue weighted by Crippen LogP contribution is 2.22. The molecule has 0 saturated carbocycles. The van der Waals surface area contributed by atoms with E-state index in [1.54, 1.807) is 0 Å². The van der Waals surface area contributed by atoms with E-state index in [9.17, 15) is 0 Å². The van der Waals surface area contributed by atoms with Crippen LogP contribution >= 0.6 is 0 Å². The van der Waals surface area contributed by atoms with Crippen molar-refractivity contribution in [3.8, 4) is 6.07 Å². The van der Waals surface area contributed by atoms with Crippen molar-refractivity contribution in [1.29, 1.82) is 5.26 Å². The minimum Gasteiger partial charge on any atom is -0.382 e. The number of hydrogen-bond donors (Lipinski definition) is 1. The molecule has 3 nitrogen and oxygen atoms in total. The van der Waals surface area contributed by atoms with Crippen LogP contribution in [-0.4, -0.2) is 20.6 Å². The molecule has 0 radical (unpaired) electrons. The van der Waals surface area contributed by atoms with E-state index in [1.807, 2.05) is 32.3 Å². The molecule has 1 N–H and O–H groups in total. The zero-order chi connectivity index (χ0) is 10.4. The summed E-state index contributed by atoms with van der Waals surface area (Å²) in [7, 11) is 4.01. The molecular weight excluding hydrogens is 174 g/mol. The van der Waals surface area contributed by atoms with Gasteiger partial charge in [0.25, 0.3) is 0 Å². The first-order valence-electron chi connectivity index (χ1n) is 4.63. The summed E-state index contributed by atoms with van der Waals surface area (Å²) in [5.74, 6) is 0. The zero-order valence-electron chi connectivity index (χ0n) is 8.62. The van der Waals surface area contributed by atoms with E-state index in [0.29, 0.717) is 13.0 Å². The zero-order valence-corrected chi connectivity index (χ0v) is 8.62. The van der Waals surface area contributed by atoms with Gasteiger partial charge >= 0.3 is 0 Å². The quantitative estimate of drug-likeness (QED) is 0.737. The lowest BCUT2D eigenvalue weighted by atomic mass is 10.2. The number of hydrogen-bond acceptors (Lipinski definition) is 3. The number of benzene rings is 1. The lowest BCUT2D eigenvalue weighted by molar-refractivity contribution is 1.06. The second kappa shape index (κ2) is 5.13. The molecule has 14 heavy (non-hydrogen) atoms. The van der Waals surface area contributed by atoms with Gasteiger partial charge in [0.15, 0.2) is 0 Å². The standard InChI is InChI=1S/C11H15N3/c1-14(2)11-7-4-3-6-10(11)13-9-5-8-12/h3-4,6-7,13H,5,9H2,1-2H3. The fourth-order valence-electron chi connectivity index (χ4n) is 1.27. The van der Waals surface area contributed by atoms with Gasteiger partial charge in [0.2, 0.25) is 0 Å². The summed E-state index contributed by atoms with van der Waals surface area (Å²) in [6, 6.07) is 10.2. The average molecular weight is 189 g/mol.